The van der Waals surface area contributed by atoms with Crippen molar-refractivity contribution in [3.8, 4) is 0 Å². The van der Waals surface area contributed by atoms with Crippen molar-refractivity contribution in [2.45, 2.75) is 12.8 Å². The minimum Gasteiger partial charge on any atom is -0.379 e. The monoisotopic (exact) mass is 320 g/mol. The van der Waals surface area contributed by atoms with Crippen molar-refractivity contribution in [2.24, 2.45) is 0 Å². The van der Waals surface area contributed by atoms with E-state index in [2.05, 4.69) is 23.6 Å². The summed E-state index contributed by atoms with van der Waals surface area (Å²) < 4.78 is 10.4. The molecule has 0 spiro atoms. The molecule has 19 heavy (non-hydrogen) atoms. The van der Waals surface area contributed by atoms with E-state index in [-0.39, 0.29) is 19.5 Å². The molecule has 2 aliphatic rings. The molecule has 0 aromatic rings. The molecule has 5 heteroatoms. The van der Waals surface area contributed by atoms with E-state index in [1.54, 1.807) is 0 Å². The molecule has 0 atom stereocenters. The van der Waals surface area contributed by atoms with Crippen LogP contribution in [-0.2, 0) is 29.0 Å². The van der Waals surface area contributed by atoms with Crippen molar-refractivity contribution in [2.75, 3.05) is 65.7 Å². The molecular formula is C14H28N2O2Zn. The third-order valence-corrected chi connectivity index (χ3v) is 3.16. The van der Waals surface area contributed by atoms with Crippen LogP contribution in [0.2, 0.25) is 0 Å². The standard InChI is InChI=1S/2C7H14NO.Zn/c2*1-2-3-8-4-6-9-7-5-8;/h2*1-7H2;/q2*-1;+2. The summed E-state index contributed by atoms with van der Waals surface area (Å²) in [6, 6.07) is 0. The molecule has 4 nitrogen and oxygen atoms in total. The first-order chi connectivity index (χ1) is 8.86. The molecule has 2 saturated heterocycles. The van der Waals surface area contributed by atoms with E-state index in [4.69, 9.17) is 9.47 Å². The van der Waals surface area contributed by atoms with Gasteiger partial charge in [-0.1, -0.05) is 0 Å². The van der Waals surface area contributed by atoms with Gasteiger partial charge in [0.15, 0.2) is 0 Å². The van der Waals surface area contributed by atoms with Crippen molar-refractivity contribution in [3.63, 3.8) is 0 Å². The van der Waals surface area contributed by atoms with Gasteiger partial charge in [0.2, 0.25) is 0 Å². The fraction of sp³-hybridized carbons (Fsp3) is 0.857. The van der Waals surface area contributed by atoms with Gasteiger partial charge in [0.05, 0.1) is 26.4 Å². The van der Waals surface area contributed by atoms with E-state index in [0.717, 1.165) is 78.5 Å². The molecule has 2 heterocycles. The molecular weight excluding hydrogens is 294 g/mol. The summed E-state index contributed by atoms with van der Waals surface area (Å²) in [5.74, 6) is 0. The topological polar surface area (TPSA) is 24.9 Å². The molecule has 0 aromatic carbocycles. The molecule has 0 saturated carbocycles. The molecule has 0 aliphatic carbocycles. The number of morpholine rings is 2. The first-order valence-electron chi connectivity index (χ1n) is 7.05. The van der Waals surface area contributed by atoms with E-state index in [0.29, 0.717) is 0 Å². The van der Waals surface area contributed by atoms with E-state index in [1.807, 2.05) is 0 Å². The third-order valence-electron chi connectivity index (χ3n) is 3.16. The molecule has 2 fully saturated rings. The fourth-order valence-corrected chi connectivity index (χ4v) is 2.10. The number of ether oxygens (including phenoxy) is 2. The van der Waals surface area contributed by atoms with Gasteiger partial charge in [0.1, 0.15) is 0 Å². The fourth-order valence-electron chi connectivity index (χ4n) is 2.10. The Morgan fingerprint density at radius 1 is 0.684 bits per heavy atom. The van der Waals surface area contributed by atoms with Crippen molar-refractivity contribution in [1.29, 1.82) is 0 Å². The number of nitrogens with zero attached hydrogens (tertiary/aromatic N) is 2. The van der Waals surface area contributed by atoms with Crippen LogP contribution < -0.4 is 0 Å². The first-order valence-corrected chi connectivity index (χ1v) is 7.05. The van der Waals surface area contributed by atoms with Crippen LogP contribution in [0.15, 0.2) is 0 Å². The Kier molecular flexibility index (Phi) is 13.8. The van der Waals surface area contributed by atoms with Gasteiger partial charge < -0.3 is 33.1 Å². The number of rotatable bonds is 4. The van der Waals surface area contributed by atoms with Crippen molar-refractivity contribution >= 4 is 0 Å². The van der Waals surface area contributed by atoms with Gasteiger partial charge >= 0.3 is 19.5 Å². The van der Waals surface area contributed by atoms with Crippen molar-refractivity contribution in [1.82, 2.24) is 9.80 Å². The Labute approximate surface area is 131 Å². The molecule has 2 rings (SSSR count). The van der Waals surface area contributed by atoms with Crippen molar-refractivity contribution in [3.05, 3.63) is 13.8 Å². The number of hydrogen-bond donors (Lipinski definition) is 0. The van der Waals surface area contributed by atoms with Crippen LogP contribution >= 0.6 is 0 Å². The van der Waals surface area contributed by atoms with Crippen molar-refractivity contribution < 1.29 is 29.0 Å². The van der Waals surface area contributed by atoms with Gasteiger partial charge in [0, 0.05) is 26.2 Å². The smallest absolute Gasteiger partial charge is 0.379 e. The predicted molar refractivity (Wildman–Crippen MR) is 74.5 cm³/mol. The van der Waals surface area contributed by atoms with Crippen LogP contribution in [0, 0.1) is 13.8 Å². The van der Waals surface area contributed by atoms with E-state index >= 15 is 0 Å². The van der Waals surface area contributed by atoms with Crippen LogP contribution in [0.4, 0.5) is 0 Å². The molecule has 108 valence electrons. The summed E-state index contributed by atoms with van der Waals surface area (Å²) in [7, 11) is 0. The second-order valence-corrected chi connectivity index (χ2v) is 4.62. The van der Waals surface area contributed by atoms with E-state index < -0.39 is 0 Å². The van der Waals surface area contributed by atoms with Crippen LogP contribution in [-0.4, -0.2) is 75.5 Å². The quantitative estimate of drug-likeness (QED) is 0.571. The SMILES string of the molecule is [CH2-]CCN1CCOCC1.[CH2-]CCN1CCOCC1.[Zn+2]. The first kappa shape index (κ1) is 19.5. The normalized spacial score (nSPS) is 21.2. The van der Waals surface area contributed by atoms with E-state index in [1.165, 1.54) is 0 Å². The summed E-state index contributed by atoms with van der Waals surface area (Å²) >= 11 is 0. The van der Waals surface area contributed by atoms with Crippen LogP contribution in [0.1, 0.15) is 12.8 Å². The van der Waals surface area contributed by atoms with E-state index in [9.17, 15) is 0 Å². The summed E-state index contributed by atoms with van der Waals surface area (Å²) in [6.45, 7) is 17.8. The maximum Gasteiger partial charge on any atom is 2.00 e. The van der Waals surface area contributed by atoms with Gasteiger partial charge in [-0.05, 0) is 13.1 Å². The second kappa shape index (κ2) is 13.4. The Balaban J connectivity index is 0.000000324. The maximum atomic E-state index is 5.18. The predicted octanol–water partition coefficient (Wildman–Crippen LogP) is 1.08. The van der Waals surface area contributed by atoms with Crippen LogP contribution in [0.25, 0.3) is 0 Å². The number of hydrogen-bond acceptors (Lipinski definition) is 4. The zero-order valence-corrected chi connectivity index (χ0v) is 15.3. The molecule has 0 unspecified atom stereocenters. The van der Waals surface area contributed by atoms with Gasteiger partial charge in [-0.15, -0.1) is 0 Å². The van der Waals surface area contributed by atoms with Crippen LogP contribution in [0.5, 0.6) is 0 Å². The zero-order valence-electron chi connectivity index (χ0n) is 12.3. The summed E-state index contributed by atoms with van der Waals surface area (Å²) in [5.41, 5.74) is 0. The Morgan fingerprint density at radius 2 is 1.00 bits per heavy atom. The molecule has 0 aromatic heterocycles. The second-order valence-electron chi connectivity index (χ2n) is 4.62. The largest absolute Gasteiger partial charge is 2.00 e. The average molecular weight is 322 g/mol. The summed E-state index contributed by atoms with van der Waals surface area (Å²) in [5, 5.41) is 0. The molecule has 0 N–H and O–H groups in total. The van der Waals surface area contributed by atoms with Gasteiger partial charge in [0.25, 0.3) is 0 Å². The minimum atomic E-state index is 0. The molecule has 0 radical (unpaired) electrons. The minimum absolute atomic E-state index is 0. The van der Waals surface area contributed by atoms with Gasteiger partial charge in [-0.3, -0.25) is 0 Å². The van der Waals surface area contributed by atoms with Gasteiger partial charge in [-0.2, -0.15) is 12.8 Å². The summed E-state index contributed by atoms with van der Waals surface area (Å²) in [6.07, 6.45) is 2.03. The Morgan fingerprint density at radius 3 is 1.26 bits per heavy atom. The van der Waals surface area contributed by atoms with Crippen LogP contribution in [0.3, 0.4) is 0 Å². The molecule has 0 bridgehead atoms. The van der Waals surface area contributed by atoms with Gasteiger partial charge in [-0.25, -0.2) is 0 Å². The Bertz CT molecular complexity index is 159. The summed E-state index contributed by atoms with van der Waals surface area (Å²) in [4.78, 5) is 4.77. The maximum absolute atomic E-state index is 5.18. The zero-order chi connectivity index (χ0) is 13.1. The molecule has 0 amide bonds. The average Bonchev–Trinajstić information content (AvgIpc) is 2.43. The third kappa shape index (κ3) is 9.92. The molecule has 2 aliphatic heterocycles. The Hall–Kier alpha value is 0.463.